The highest BCUT2D eigenvalue weighted by molar-refractivity contribution is 6.01. The molecule has 1 atom stereocenters. The number of benzene rings is 2. The molecule has 7 heterocycles. The van der Waals surface area contributed by atoms with Crippen molar-refractivity contribution in [1.29, 1.82) is 0 Å². The van der Waals surface area contributed by atoms with Crippen LogP contribution in [0.4, 0.5) is 11.4 Å². The van der Waals surface area contributed by atoms with Crippen LogP contribution < -0.4 is 15.1 Å². The molecule has 2 aromatic heterocycles. The molecule has 0 bridgehead atoms. The van der Waals surface area contributed by atoms with Crippen LogP contribution in [0.5, 0.6) is 5.75 Å². The average Bonchev–Trinajstić information content (AvgIpc) is 3.62. The number of hydrogen-bond donors (Lipinski definition) is 2. The molecule has 9 rings (SSSR count). The largest absolute Gasteiger partial charge is 0.507 e. The summed E-state index contributed by atoms with van der Waals surface area (Å²) in [7, 11) is 1.94. The molecule has 13 heteroatoms. The molecular formula is C42H49N9O4. The van der Waals surface area contributed by atoms with E-state index in [-0.39, 0.29) is 34.8 Å². The summed E-state index contributed by atoms with van der Waals surface area (Å²) in [5, 5.41) is 25.9. The lowest BCUT2D eigenvalue weighted by Gasteiger charge is -2.62. The van der Waals surface area contributed by atoms with Gasteiger partial charge in [-0.1, -0.05) is 24.3 Å². The number of likely N-dealkylation sites (tertiary alicyclic amines) is 2. The van der Waals surface area contributed by atoms with Crippen LogP contribution in [0, 0.1) is 11.3 Å². The molecule has 3 amide bonds. The second-order valence-corrected chi connectivity index (χ2v) is 16.6. The van der Waals surface area contributed by atoms with Gasteiger partial charge in [-0.15, -0.1) is 0 Å². The average molecular weight is 744 g/mol. The van der Waals surface area contributed by atoms with Gasteiger partial charge in [-0.25, -0.2) is 0 Å². The standard InChI is InChI=1S/C42H49N9O4/c1-47-37(12-17-44-47)42(15-20-50(21-16-42)32-22-35(46-43-23-32)34-4-2-3-5-36(34)52)40(55)51-27-41(28-51)25-48(26-41)24-29-13-18-49(19-14-29)31-8-6-30(7-9-31)33-10-11-38(53)45-39(33)54/h2-9,12,17,22-23,29,33,52H,10-11,13-16,18-21,24-28H2,1H3,(H,45,53,54)/t33-/m1/s1. The number of aromatic hydroxyl groups is 1. The first-order chi connectivity index (χ1) is 26.7. The van der Waals surface area contributed by atoms with Gasteiger partial charge in [-0.2, -0.15) is 15.3 Å². The lowest BCUT2D eigenvalue weighted by atomic mass is 9.68. The minimum absolute atomic E-state index is 0.171. The van der Waals surface area contributed by atoms with Crippen molar-refractivity contribution < 1.29 is 19.5 Å². The van der Waals surface area contributed by atoms with Crippen LogP contribution in [-0.2, 0) is 26.8 Å². The Morgan fingerprint density at radius 2 is 1.62 bits per heavy atom. The van der Waals surface area contributed by atoms with Crippen LogP contribution in [0.2, 0.25) is 0 Å². The number of carbonyl (C=O) groups excluding carboxylic acids is 3. The number of nitrogens with zero attached hydrogens (tertiary/aromatic N) is 8. The van der Waals surface area contributed by atoms with Crippen molar-refractivity contribution in [3.63, 3.8) is 0 Å². The third kappa shape index (κ3) is 6.62. The smallest absolute Gasteiger partial charge is 0.234 e. The van der Waals surface area contributed by atoms with E-state index in [1.165, 1.54) is 5.69 Å². The topological polar surface area (TPSA) is 140 Å². The third-order valence-electron chi connectivity index (χ3n) is 13.0. The first-order valence-electron chi connectivity index (χ1n) is 19.7. The number of anilines is 2. The van der Waals surface area contributed by atoms with Gasteiger partial charge in [0.2, 0.25) is 17.7 Å². The van der Waals surface area contributed by atoms with Crippen LogP contribution in [0.25, 0.3) is 11.3 Å². The molecule has 2 aromatic carbocycles. The van der Waals surface area contributed by atoms with Gasteiger partial charge in [0, 0.05) is 95.2 Å². The zero-order valence-electron chi connectivity index (χ0n) is 31.4. The van der Waals surface area contributed by atoms with Gasteiger partial charge in [0.15, 0.2) is 0 Å². The molecule has 4 aromatic rings. The van der Waals surface area contributed by atoms with Crippen molar-refractivity contribution >= 4 is 29.1 Å². The summed E-state index contributed by atoms with van der Waals surface area (Å²) in [6, 6.07) is 19.5. The van der Waals surface area contributed by atoms with E-state index in [4.69, 9.17) is 0 Å². The maximum Gasteiger partial charge on any atom is 0.234 e. The molecular weight excluding hydrogens is 695 g/mol. The van der Waals surface area contributed by atoms with E-state index >= 15 is 0 Å². The fourth-order valence-electron chi connectivity index (χ4n) is 10.0. The normalized spacial score (nSPS) is 22.6. The molecule has 0 radical (unpaired) electrons. The molecule has 5 aliphatic heterocycles. The Morgan fingerprint density at radius 3 is 2.31 bits per heavy atom. The number of amides is 3. The van der Waals surface area contributed by atoms with Gasteiger partial charge in [0.25, 0.3) is 0 Å². The van der Waals surface area contributed by atoms with Crippen LogP contribution >= 0.6 is 0 Å². The van der Waals surface area contributed by atoms with E-state index in [0.717, 1.165) is 75.6 Å². The van der Waals surface area contributed by atoms with Crippen LogP contribution in [0.3, 0.4) is 0 Å². The van der Waals surface area contributed by atoms with Crippen molar-refractivity contribution in [2.45, 2.75) is 49.9 Å². The number of hydrogen-bond acceptors (Lipinski definition) is 10. The molecule has 0 saturated carbocycles. The molecule has 13 nitrogen and oxygen atoms in total. The fourth-order valence-corrected chi connectivity index (χ4v) is 10.0. The Balaban J connectivity index is 0.770. The number of aromatic nitrogens is 4. The molecule has 0 unspecified atom stereocenters. The number of carbonyl (C=O) groups is 3. The highest BCUT2D eigenvalue weighted by atomic mass is 16.3. The fraction of sp³-hybridized carbons (Fsp3) is 0.476. The summed E-state index contributed by atoms with van der Waals surface area (Å²) < 4.78 is 1.88. The molecule has 5 aliphatic rings. The summed E-state index contributed by atoms with van der Waals surface area (Å²) >= 11 is 0. The number of imide groups is 1. The number of phenols is 1. The van der Waals surface area contributed by atoms with Gasteiger partial charge < -0.3 is 24.7 Å². The number of para-hydroxylation sites is 1. The minimum Gasteiger partial charge on any atom is -0.507 e. The monoisotopic (exact) mass is 743 g/mol. The first kappa shape index (κ1) is 35.4. The summed E-state index contributed by atoms with van der Waals surface area (Å²) in [6.45, 7) is 8.29. The molecule has 1 spiro atoms. The number of piperidine rings is 3. The predicted octanol–water partition coefficient (Wildman–Crippen LogP) is 3.70. The number of nitrogens with one attached hydrogen (secondary N) is 1. The maximum absolute atomic E-state index is 14.5. The first-order valence-corrected chi connectivity index (χ1v) is 19.7. The SMILES string of the molecule is Cn1nccc1C1(C(=O)N2CC3(CN(CC4CCN(c5ccc([C@H]6CCC(=O)NC6=O)cc5)CC4)C3)C2)CCN(c2cnnc(-c3ccccc3O)c2)CC1. The Bertz CT molecular complexity index is 2070. The molecule has 55 heavy (non-hydrogen) atoms. The number of phenolic OH excluding ortho intramolecular Hbond substituents is 1. The minimum atomic E-state index is -0.632. The predicted molar refractivity (Wildman–Crippen MR) is 207 cm³/mol. The zero-order chi connectivity index (χ0) is 37.7. The molecule has 286 valence electrons. The van der Waals surface area contributed by atoms with Gasteiger partial charge in [-0.3, -0.25) is 24.4 Å². The Labute approximate surface area is 321 Å². The second-order valence-electron chi connectivity index (χ2n) is 16.6. The molecule has 5 fully saturated rings. The van der Waals surface area contributed by atoms with E-state index in [1.807, 2.05) is 48.1 Å². The molecule has 5 saturated heterocycles. The Hall–Kier alpha value is -5.30. The number of rotatable bonds is 8. The van der Waals surface area contributed by atoms with Crippen molar-refractivity contribution in [1.82, 2.24) is 35.1 Å². The molecule has 0 aliphatic carbocycles. The highest BCUT2D eigenvalue weighted by Gasteiger charge is 2.57. The summed E-state index contributed by atoms with van der Waals surface area (Å²) in [4.78, 5) is 47.8. The summed E-state index contributed by atoms with van der Waals surface area (Å²) in [5.41, 5.74) is 4.92. The van der Waals surface area contributed by atoms with Crippen LogP contribution in [0.15, 0.2) is 73.1 Å². The summed E-state index contributed by atoms with van der Waals surface area (Å²) in [5.74, 6) is 0.440. The third-order valence-corrected chi connectivity index (χ3v) is 13.0. The van der Waals surface area contributed by atoms with Crippen molar-refractivity contribution in [2.24, 2.45) is 18.4 Å². The van der Waals surface area contributed by atoms with Crippen LogP contribution in [0.1, 0.15) is 55.7 Å². The van der Waals surface area contributed by atoms with E-state index in [1.54, 1.807) is 24.5 Å². The number of aryl methyl sites for hydroxylation is 1. The van der Waals surface area contributed by atoms with Gasteiger partial charge >= 0.3 is 0 Å². The van der Waals surface area contributed by atoms with Crippen molar-refractivity contribution in [3.05, 3.63) is 84.3 Å². The van der Waals surface area contributed by atoms with Gasteiger partial charge in [0.05, 0.1) is 34.6 Å². The van der Waals surface area contributed by atoms with E-state index < -0.39 is 5.41 Å². The second kappa shape index (κ2) is 14.1. The van der Waals surface area contributed by atoms with Crippen LogP contribution in [-0.4, -0.2) is 112 Å². The van der Waals surface area contributed by atoms with E-state index in [2.05, 4.69) is 52.3 Å². The van der Waals surface area contributed by atoms with E-state index in [0.29, 0.717) is 55.9 Å². The maximum atomic E-state index is 14.5. The lowest BCUT2D eigenvalue weighted by molar-refractivity contribution is -0.167. The van der Waals surface area contributed by atoms with Gasteiger partial charge in [0.1, 0.15) is 5.75 Å². The zero-order valence-corrected chi connectivity index (χ0v) is 31.4. The lowest BCUT2D eigenvalue weighted by Crippen LogP contribution is -2.74. The highest BCUT2D eigenvalue weighted by Crippen LogP contribution is 2.46. The van der Waals surface area contributed by atoms with Crippen molar-refractivity contribution in [2.75, 3.05) is 68.7 Å². The molecule has 2 N–H and O–H groups in total. The quantitative estimate of drug-likeness (QED) is 0.257. The Kier molecular flexibility index (Phi) is 9.07. The summed E-state index contributed by atoms with van der Waals surface area (Å²) in [6.07, 6.45) is 8.19. The van der Waals surface area contributed by atoms with E-state index in [9.17, 15) is 19.5 Å². The Morgan fingerprint density at radius 1 is 0.891 bits per heavy atom. The van der Waals surface area contributed by atoms with Crippen molar-refractivity contribution in [3.8, 4) is 17.0 Å². The van der Waals surface area contributed by atoms with Gasteiger partial charge in [-0.05, 0) is 80.0 Å².